The molecule has 33 heavy (non-hydrogen) atoms. The molecule has 0 saturated heterocycles. The highest BCUT2D eigenvalue weighted by molar-refractivity contribution is 6.07. The Labute approximate surface area is 188 Å². The van der Waals surface area contributed by atoms with Gasteiger partial charge in [0.15, 0.2) is 5.82 Å². The van der Waals surface area contributed by atoms with E-state index in [1.165, 1.54) is 25.4 Å². The van der Waals surface area contributed by atoms with Crippen molar-refractivity contribution in [3.8, 4) is 5.75 Å². The Balaban J connectivity index is 1.99. The average Bonchev–Trinajstić information content (AvgIpc) is 2.79. The van der Waals surface area contributed by atoms with Crippen molar-refractivity contribution >= 4 is 29.0 Å². The van der Waals surface area contributed by atoms with Crippen molar-refractivity contribution in [1.82, 2.24) is 10.3 Å². The van der Waals surface area contributed by atoms with Gasteiger partial charge in [-0.2, -0.15) is 13.2 Å². The van der Waals surface area contributed by atoms with Gasteiger partial charge in [-0.3, -0.25) is 9.59 Å². The van der Waals surface area contributed by atoms with Gasteiger partial charge >= 0.3 is 6.18 Å². The quantitative estimate of drug-likeness (QED) is 0.495. The van der Waals surface area contributed by atoms with E-state index in [0.717, 1.165) is 18.7 Å². The van der Waals surface area contributed by atoms with Crippen LogP contribution in [-0.4, -0.2) is 31.0 Å². The number of aromatic nitrogens is 1. The van der Waals surface area contributed by atoms with Gasteiger partial charge in [-0.1, -0.05) is 18.2 Å². The summed E-state index contributed by atoms with van der Waals surface area (Å²) in [5, 5.41) is 8.09. The van der Waals surface area contributed by atoms with Crippen LogP contribution in [0.25, 0.3) is 0 Å². The van der Waals surface area contributed by atoms with Gasteiger partial charge in [0.25, 0.3) is 11.8 Å². The molecule has 0 bridgehead atoms. The fourth-order valence-electron chi connectivity index (χ4n) is 3.03. The molecule has 0 atom stereocenters. The first-order valence-corrected chi connectivity index (χ1v) is 9.75. The SMILES string of the molecule is CNC(=O)c1cnc(Nc2ccccc2C)c(NC(=O)c2ccc(OC)c(C(F)(F)F)c2)c1. The summed E-state index contributed by atoms with van der Waals surface area (Å²) in [6.07, 6.45) is -3.38. The molecule has 0 radical (unpaired) electrons. The summed E-state index contributed by atoms with van der Waals surface area (Å²) in [6, 6.07) is 11.7. The van der Waals surface area contributed by atoms with E-state index in [-0.39, 0.29) is 22.6 Å². The zero-order valence-corrected chi connectivity index (χ0v) is 18.0. The number of methoxy groups -OCH3 is 1. The Morgan fingerprint density at radius 1 is 0.970 bits per heavy atom. The zero-order chi connectivity index (χ0) is 24.2. The number of pyridine rings is 1. The molecule has 0 aliphatic rings. The Morgan fingerprint density at radius 3 is 2.33 bits per heavy atom. The van der Waals surface area contributed by atoms with Crippen LogP contribution in [0.3, 0.4) is 0 Å². The van der Waals surface area contributed by atoms with E-state index >= 15 is 0 Å². The summed E-state index contributed by atoms with van der Waals surface area (Å²) in [6.45, 7) is 1.87. The maximum absolute atomic E-state index is 13.4. The van der Waals surface area contributed by atoms with E-state index in [9.17, 15) is 22.8 Å². The van der Waals surface area contributed by atoms with Crippen molar-refractivity contribution in [2.75, 3.05) is 24.8 Å². The fourth-order valence-corrected chi connectivity index (χ4v) is 3.03. The molecule has 172 valence electrons. The number of rotatable bonds is 6. The van der Waals surface area contributed by atoms with E-state index in [4.69, 9.17) is 4.74 Å². The van der Waals surface area contributed by atoms with Crippen LogP contribution in [0.1, 0.15) is 31.8 Å². The molecule has 1 aromatic heterocycles. The minimum atomic E-state index is -4.71. The molecule has 3 rings (SSSR count). The minimum absolute atomic E-state index is 0.119. The Kier molecular flexibility index (Phi) is 6.86. The number of nitrogens with zero attached hydrogens (tertiary/aromatic N) is 1. The third-order valence-corrected chi connectivity index (χ3v) is 4.79. The first-order chi connectivity index (χ1) is 15.6. The molecule has 3 N–H and O–H groups in total. The smallest absolute Gasteiger partial charge is 0.419 e. The van der Waals surface area contributed by atoms with Crippen molar-refractivity contribution < 1.29 is 27.5 Å². The number of alkyl halides is 3. The first kappa shape index (κ1) is 23.6. The third-order valence-electron chi connectivity index (χ3n) is 4.79. The molecule has 0 aliphatic heterocycles. The second-order valence-electron chi connectivity index (χ2n) is 7.01. The predicted octanol–water partition coefficient (Wildman–Crippen LogP) is 4.77. The summed E-state index contributed by atoms with van der Waals surface area (Å²) in [4.78, 5) is 29.1. The van der Waals surface area contributed by atoms with Gasteiger partial charge in [0.2, 0.25) is 0 Å². The maximum atomic E-state index is 13.4. The lowest BCUT2D eigenvalue weighted by molar-refractivity contribution is -0.138. The highest BCUT2D eigenvalue weighted by atomic mass is 19.4. The van der Waals surface area contributed by atoms with Crippen LogP contribution in [0.2, 0.25) is 0 Å². The van der Waals surface area contributed by atoms with Crippen LogP contribution < -0.4 is 20.7 Å². The van der Waals surface area contributed by atoms with E-state index in [1.807, 2.05) is 25.1 Å². The van der Waals surface area contributed by atoms with Gasteiger partial charge in [-0.15, -0.1) is 0 Å². The summed E-state index contributed by atoms with van der Waals surface area (Å²) < 4.78 is 44.8. The molecule has 2 amide bonds. The zero-order valence-electron chi connectivity index (χ0n) is 18.0. The van der Waals surface area contributed by atoms with Crippen LogP contribution in [0.15, 0.2) is 54.7 Å². The number of aryl methyl sites for hydroxylation is 1. The second-order valence-corrected chi connectivity index (χ2v) is 7.01. The number of anilines is 3. The minimum Gasteiger partial charge on any atom is -0.496 e. The molecular formula is C23H21F3N4O3. The number of carbonyl (C=O) groups is 2. The van der Waals surface area contributed by atoms with Crippen LogP contribution in [0.4, 0.5) is 30.4 Å². The summed E-state index contributed by atoms with van der Waals surface area (Å²) >= 11 is 0. The summed E-state index contributed by atoms with van der Waals surface area (Å²) in [7, 11) is 2.56. The largest absolute Gasteiger partial charge is 0.496 e. The topological polar surface area (TPSA) is 92.4 Å². The van der Waals surface area contributed by atoms with Crippen molar-refractivity contribution in [3.05, 3.63) is 77.0 Å². The molecule has 7 nitrogen and oxygen atoms in total. The lowest BCUT2D eigenvalue weighted by atomic mass is 10.1. The van der Waals surface area contributed by atoms with Crippen molar-refractivity contribution in [3.63, 3.8) is 0 Å². The number of nitrogens with one attached hydrogen (secondary N) is 3. The van der Waals surface area contributed by atoms with Gasteiger partial charge in [0.05, 0.1) is 23.9 Å². The maximum Gasteiger partial charge on any atom is 0.419 e. The highest BCUT2D eigenvalue weighted by Crippen LogP contribution is 2.37. The van der Waals surface area contributed by atoms with Crippen molar-refractivity contribution in [2.45, 2.75) is 13.1 Å². The number of ether oxygens (including phenoxy) is 1. The van der Waals surface area contributed by atoms with Gasteiger partial charge < -0.3 is 20.7 Å². The van der Waals surface area contributed by atoms with Crippen LogP contribution >= 0.6 is 0 Å². The third kappa shape index (κ3) is 5.40. The highest BCUT2D eigenvalue weighted by Gasteiger charge is 2.35. The van der Waals surface area contributed by atoms with Crippen molar-refractivity contribution in [1.29, 1.82) is 0 Å². The lowest BCUT2D eigenvalue weighted by Crippen LogP contribution is -2.20. The molecule has 0 spiro atoms. The molecule has 10 heteroatoms. The molecule has 0 aliphatic carbocycles. The number of para-hydroxylation sites is 1. The van der Waals surface area contributed by atoms with E-state index < -0.39 is 29.3 Å². The molecule has 1 heterocycles. The van der Waals surface area contributed by atoms with E-state index in [0.29, 0.717) is 11.8 Å². The normalized spacial score (nSPS) is 11.0. The Morgan fingerprint density at radius 2 is 1.70 bits per heavy atom. The molecule has 3 aromatic rings. The molecule has 0 saturated carbocycles. The Bertz CT molecular complexity index is 1200. The number of benzene rings is 2. The van der Waals surface area contributed by atoms with Gasteiger partial charge in [0.1, 0.15) is 5.75 Å². The van der Waals surface area contributed by atoms with Gasteiger partial charge in [-0.05, 0) is 42.8 Å². The lowest BCUT2D eigenvalue weighted by Gasteiger charge is -2.16. The molecule has 2 aromatic carbocycles. The second kappa shape index (κ2) is 9.60. The number of amides is 2. The molecular weight excluding hydrogens is 437 g/mol. The van der Waals surface area contributed by atoms with Crippen molar-refractivity contribution in [2.24, 2.45) is 0 Å². The summed E-state index contributed by atoms with van der Waals surface area (Å²) in [5.41, 5.74) is 0.569. The monoisotopic (exact) mass is 458 g/mol. The number of hydrogen-bond acceptors (Lipinski definition) is 5. The van der Waals surface area contributed by atoms with Crippen LogP contribution in [0.5, 0.6) is 5.75 Å². The predicted molar refractivity (Wildman–Crippen MR) is 118 cm³/mol. The van der Waals surface area contributed by atoms with E-state index in [1.54, 1.807) is 6.07 Å². The number of halogens is 3. The fraction of sp³-hybridized carbons (Fsp3) is 0.174. The average molecular weight is 458 g/mol. The molecule has 0 unspecified atom stereocenters. The number of carbonyl (C=O) groups excluding carboxylic acids is 2. The van der Waals surface area contributed by atoms with Gasteiger partial charge in [-0.25, -0.2) is 4.98 Å². The Hall–Kier alpha value is -4.08. The summed E-state index contributed by atoms with van der Waals surface area (Å²) in [5.74, 6) is -1.44. The number of hydrogen-bond donors (Lipinski definition) is 3. The van der Waals surface area contributed by atoms with E-state index in [2.05, 4.69) is 20.9 Å². The van der Waals surface area contributed by atoms with Gasteiger partial charge in [0, 0.05) is 24.5 Å². The first-order valence-electron chi connectivity index (χ1n) is 9.75. The standard InChI is InChI=1S/C23H21F3N4O3/c1-13-6-4-5-7-17(13)29-20-18(11-15(12-28-20)21(31)27-2)30-22(32)14-8-9-19(33-3)16(10-14)23(24,25)26/h4-12H,1-3H3,(H,27,31)(H,28,29)(H,30,32). The van der Waals surface area contributed by atoms with Crippen LogP contribution in [0, 0.1) is 6.92 Å². The van der Waals surface area contributed by atoms with Crippen LogP contribution in [-0.2, 0) is 6.18 Å². The molecule has 0 fully saturated rings.